The van der Waals surface area contributed by atoms with Crippen molar-refractivity contribution >= 4 is 5.97 Å². The van der Waals surface area contributed by atoms with Crippen molar-refractivity contribution in [1.82, 2.24) is 10.2 Å². The molecule has 1 N–H and O–H groups in total. The Labute approximate surface area is 116 Å². The van der Waals surface area contributed by atoms with Crippen molar-refractivity contribution in [3.8, 4) is 0 Å². The maximum absolute atomic E-state index is 12.1. The predicted molar refractivity (Wildman–Crippen MR) is 76.0 cm³/mol. The summed E-state index contributed by atoms with van der Waals surface area (Å²) in [6.07, 6.45) is 5.41. The molecule has 0 aromatic rings. The molecule has 0 saturated heterocycles. The van der Waals surface area contributed by atoms with Gasteiger partial charge in [0.15, 0.2) is 0 Å². The summed E-state index contributed by atoms with van der Waals surface area (Å²) in [4.78, 5) is 14.5. The van der Waals surface area contributed by atoms with Gasteiger partial charge in [-0.05, 0) is 58.0 Å². The first kappa shape index (κ1) is 14.8. The molecule has 2 aliphatic rings. The molecule has 0 aliphatic heterocycles. The summed E-state index contributed by atoms with van der Waals surface area (Å²) < 4.78 is 5.00. The van der Waals surface area contributed by atoms with Crippen molar-refractivity contribution in [3.05, 3.63) is 0 Å². The van der Waals surface area contributed by atoms with Gasteiger partial charge in [0.25, 0.3) is 0 Å². The highest BCUT2D eigenvalue weighted by molar-refractivity contribution is 5.81. The van der Waals surface area contributed by atoms with Crippen LogP contribution >= 0.6 is 0 Å². The van der Waals surface area contributed by atoms with E-state index in [9.17, 15) is 4.79 Å². The van der Waals surface area contributed by atoms with E-state index in [1.54, 1.807) is 0 Å². The van der Waals surface area contributed by atoms with Gasteiger partial charge in [0.2, 0.25) is 0 Å². The van der Waals surface area contributed by atoms with E-state index in [4.69, 9.17) is 4.74 Å². The number of esters is 1. The molecule has 4 nitrogen and oxygen atoms in total. The van der Waals surface area contributed by atoms with Gasteiger partial charge >= 0.3 is 5.97 Å². The van der Waals surface area contributed by atoms with Gasteiger partial charge in [-0.2, -0.15) is 0 Å². The molecule has 0 bridgehead atoms. The van der Waals surface area contributed by atoms with E-state index >= 15 is 0 Å². The minimum absolute atomic E-state index is 0.104. The third-order valence-corrected chi connectivity index (χ3v) is 5.20. The number of hydrogen-bond donors (Lipinski definition) is 1. The molecule has 110 valence electrons. The van der Waals surface area contributed by atoms with Crippen LogP contribution in [0, 0.1) is 11.8 Å². The molecule has 2 saturated carbocycles. The van der Waals surface area contributed by atoms with Gasteiger partial charge in [-0.25, -0.2) is 0 Å². The van der Waals surface area contributed by atoms with Gasteiger partial charge in [0.1, 0.15) is 5.54 Å². The van der Waals surface area contributed by atoms with E-state index < -0.39 is 5.54 Å². The van der Waals surface area contributed by atoms with Gasteiger partial charge in [-0.15, -0.1) is 0 Å². The molecule has 4 heteroatoms. The predicted octanol–water partition coefficient (Wildman–Crippen LogP) is 1.65. The van der Waals surface area contributed by atoms with Crippen LogP contribution in [0.25, 0.3) is 0 Å². The van der Waals surface area contributed by atoms with E-state index in [2.05, 4.69) is 24.2 Å². The third kappa shape index (κ3) is 3.11. The van der Waals surface area contributed by atoms with E-state index in [1.165, 1.54) is 26.5 Å². The van der Waals surface area contributed by atoms with Crippen LogP contribution in [0.1, 0.15) is 39.0 Å². The number of nitrogens with zero attached hydrogens (tertiary/aromatic N) is 1. The number of nitrogens with one attached hydrogen (secondary N) is 1. The monoisotopic (exact) mass is 268 g/mol. The second-order valence-electron chi connectivity index (χ2n) is 6.49. The van der Waals surface area contributed by atoms with Crippen molar-refractivity contribution in [2.45, 2.75) is 50.6 Å². The van der Waals surface area contributed by atoms with Crippen LogP contribution in [-0.4, -0.2) is 50.2 Å². The fraction of sp³-hybridized carbons (Fsp3) is 0.933. The Morgan fingerprint density at radius 3 is 2.74 bits per heavy atom. The lowest BCUT2D eigenvalue weighted by Gasteiger charge is -2.41. The molecule has 4 atom stereocenters. The number of rotatable bonds is 5. The zero-order valence-corrected chi connectivity index (χ0v) is 12.7. The zero-order valence-electron chi connectivity index (χ0n) is 12.7. The Hall–Kier alpha value is -0.610. The third-order valence-electron chi connectivity index (χ3n) is 5.20. The quantitative estimate of drug-likeness (QED) is 0.770. The first-order chi connectivity index (χ1) is 9.02. The highest BCUT2D eigenvalue weighted by atomic mass is 16.5. The standard InChI is InChI=1S/C15H28N2O2/c1-11-8-12(11)10-17(3)13-6-5-7-15(9-13,16-2)14(18)19-4/h11-13,16H,5-10H2,1-4H3. The maximum Gasteiger partial charge on any atom is 0.326 e. The average molecular weight is 268 g/mol. The second-order valence-corrected chi connectivity index (χ2v) is 6.49. The summed E-state index contributed by atoms with van der Waals surface area (Å²) in [5.74, 6) is 1.66. The van der Waals surface area contributed by atoms with Gasteiger partial charge in [-0.1, -0.05) is 6.92 Å². The molecule has 0 heterocycles. The topological polar surface area (TPSA) is 41.6 Å². The molecular weight excluding hydrogens is 240 g/mol. The molecule has 2 aliphatic carbocycles. The maximum atomic E-state index is 12.1. The van der Waals surface area contributed by atoms with Crippen LogP contribution in [0.3, 0.4) is 0 Å². The highest BCUT2D eigenvalue weighted by Crippen LogP contribution is 2.39. The van der Waals surface area contributed by atoms with Crippen LogP contribution in [0.2, 0.25) is 0 Å². The number of ether oxygens (including phenoxy) is 1. The minimum Gasteiger partial charge on any atom is -0.468 e. The first-order valence-electron chi connectivity index (χ1n) is 7.50. The number of carbonyl (C=O) groups is 1. The molecule has 0 spiro atoms. The molecule has 19 heavy (non-hydrogen) atoms. The Kier molecular flexibility index (Phi) is 4.51. The van der Waals surface area contributed by atoms with E-state index in [0.717, 1.165) is 31.1 Å². The number of methoxy groups -OCH3 is 1. The Morgan fingerprint density at radius 1 is 1.53 bits per heavy atom. The lowest BCUT2D eigenvalue weighted by Crippen LogP contribution is -2.57. The normalized spacial score (nSPS) is 38.3. The summed E-state index contributed by atoms with van der Waals surface area (Å²) in [6.45, 7) is 3.50. The van der Waals surface area contributed by atoms with Gasteiger partial charge in [0, 0.05) is 12.6 Å². The van der Waals surface area contributed by atoms with E-state index in [1.807, 2.05) is 7.05 Å². The summed E-state index contributed by atoms with van der Waals surface area (Å²) >= 11 is 0. The zero-order chi connectivity index (χ0) is 14.0. The lowest BCUT2D eigenvalue weighted by molar-refractivity contribution is -0.150. The molecule has 0 aromatic carbocycles. The highest BCUT2D eigenvalue weighted by Gasteiger charge is 2.44. The van der Waals surface area contributed by atoms with Gasteiger partial charge in [-0.3, -0.25) is 4.79 Å². The van der Waals surface area contributed by atoms with E-state index in [-0.39, 0.29) is 5.97 Å². The van der Waals surface area contributed by atoms with Crippen LogP contribution in [0.15, 0.2) is 0 Å². The minimum atomic E-state index is -0.471. The SMILES string of the molecule is CNC1(C(=O)OC)CCCC(N(C)CC2CC2C)C1. The largest absolute Gasteiger partial charge is 0.468 e. The summed E-state index contributed by atoms with van der Waals surface area (Å²) in [5.41, 5.74) is -0.471. The summed E-state index contributed by atoms with van der Waals surface area (Å²) in [7, 11) is 5.57. The van der Waals surface area contributed by atoms with Crippen molar-refractivity contribution in [2.75, 3.05) is 27.7 Å². The lowest BCUT2D eigenvalue weighted by atomic mass is 9.78. The summed E-state index contributed by atoms with van der Waals surface area (Å²) in [5, 5.41) is 3.23. The molecule has 2 rings (SSSR count). The molecule has 0 aromatic heterocycles. The van der Waals surface area contributed by atoms with Gasteiger partial charge < -0.3 is 15.0 Å². The fourth-order valence-electron chi connectivity index (χ4n) is 3.50. The smallest absolute Gasteiger partial charge is 0.326 e. The van der Waals surface area contributed by atoms with Crippen molar-refractivity contribution in [1.29, 1.82) is 0 Å². The number of hydrogen-bond acceptors (Lipinski definition) is 4. The molecule has 0 amide bonds. The molecule has 2 fully saturated rings. The average Bonchev–Trinajstić information content (AvgIpc) is 3.13. The van der Waals surface area contributed by atoms with Crippen LogP contribution in [0.4, 0.5) is 0 Å². The van der Waals surface area contributed by atoms with Crippen LogP contribution < -0.4 is 5.32 Å². The van der Waals surface area contributed by atoms with Gasteiger partial charge in [0.05, 0.1) is 7.11 Å². The van der Waals surface area contributed by atoms with Crippen LogP contribution in [-0.2, 0) is 9.53 Å². The van der Waals surface area contributed by atoms with Crippen LogP contribution in [0.5, 0.6) is 0 Å². The molecule has 4 unspecified atom stereocenters. The number of likely N-dealkylation sites (N-methyl/N-ethyl adjacent to an activating group) is 1. The molecule has 0 radical (unpaired) electrons. The van der Waals surface area contributed by atoms with Crippen molar-refractivity contribution in [3.63, 3.8) is 0 Å². The number of carbonyl (C=O) groups excluding carboxylic acids is 1. The Balaban J connectivity index is 1.96. The summed E-state index contributed by atoms with van der Waals surface area (Å²) in [6, 6.07) is 0.494. The Bertz CT molecular complexity index is 334. The van der Waals surface area contributed by atoms with Crippen molar-refractivity contribution in [2.24, 2.45) is 11.8 Å². The fourth-order valence-corrected chi connectivity index (χ4v) is 3.50. The second kappa shape index (κ2) is 5.80. The Morgan fingerprint density at radius 2 is 2.21 bits per heavy atom. The van der Waals surface area contributed by atoms with Crippen molar-refractivity contribution < 1.29 is 9.53 Å². The molecular formula is C15H28N2O2. The first-order valence-corrected chi connectivity index (χ1v) is 7.50. The van der Waals surface area contributed by atoms with E-state index in [0.29, 0.717) is 6.04 Å².